The number of esters is 1. The van der Waals surface area contributed by atoms with E-state index in [1.54, 1.807) is 0 Å². The summed E-state index contributed by atoms with van der Waals surface area (Å²) in [6.45, 7) is 6.06. The van der Waals surface area contributed by atoms with Crippen molar-refractivity contribution in [2.75, 3.05) is 19.8 Å². The zero-order valence-corrected chi connectivity index (χ0v) is 17.1. The predicted octanol–water partition coefficient (Wildman–Crippen LogP) is 5.94. The summed E-state index contributed by atoms with van der Waals surface area (Å²) in [5.41, 5.74) is 0. The van der Waals surface area contributed by atoms with Gasteiger partial charge in [-0.1, -0.05) is 51.2 Å². The van der Waals surface area contributed by atoms with Gasteiger partial charge in [-0.25, -0.2) is 0 Å². The van der Waals surface area contributed by atoms with E-state index in [-0.39, 0.29) is 11.8 Å². The summed E-state index contributed by atoms with van der Waals surface area (Å²) in [5.74, 6) is -0.377. The van der Waals surface area contributed by atoms with Gasteiger partial charge in [0.25, 0.3) is 0 Å². The molecule has 1 fully saturated rings. The van der Waals surface area contributed by atoms with Gasteiger partial charge < -0.3 is 14.2 Å². The summed E-state index contributed by atoms with van der Waals surface area (Å²) >= 11 is 0. The average Bonchev–Trinajstić information content (AvgIpc) is 3.10. The van der Waals surface area contributed by atoms with Crippen LogP contribution in [0.1, 0.15) is 97.3 Å². The van der Waals surface area contributed by atoms with Gasteiger partial charge in [0.05, 0.1) is 19.8 Å². The van der Waals surface area contributed by atoms with Gasteiger partial charge in [-0.05, 0) is 39.0 Å². The first-order valence-electron chi connectivity index (χ1n) is 10.8. The van der Waals surface area contributed by atoms with Crippen LogP contribution in [0.2, 0.25) is 0 Å². The monoisotopic (exact) mass is 368 g/mol. The molecule has 1 rings (SSSR count). The van der Waals surface area contributed by atoms with Crippen LogP contribution in [-0.2, 0) is 19.0 Å². The molecule has 4 heteroatoms. The number of rotatable bonds is 16. The Morgan fingerprint density at radius 3 is 2.15 bits per heavy atom. The third kappa shape index (κ3) is 11.0. The molecule has 0 N–H and O–H groups in total. The molecule has 1 saturated heterocycles. The molecule has 152 valence electrons. The highest BCUT2D eigenvalue weighted by Gasteiger charge is 2.34. The average molecular weight is 369 g/mol. The minimum Gasteiger partial charge on any atom is -0.466 e. The van der Waals surface area contributed by atoms with Crippen LogP contribution in [0.25, 0.3) is 0 Å². The summed E-state index contributed by atoms with van der Waals surface area (Å²) in [5, 5.41) is 0. The minimum atomic E-state index is -0.277. The minimum absolute atomic E-state index is 0.0999. The van der Waals surface area contributed by atoms with E-state index in [1.807, 2.05) is 6.92 Å². The third-order valence-electron chi connectivity index (χ3n) is 4.89. The van der Waals surface area contributed by atoms with Crippen molar-refractivity contribution in [2.24, 2.45) is 0 Å². The van der Waals surface area contributed by atoms with Gasteiger partial charge in [0.2, 0.25) is 0 Å². The molecule has 1 heterocycles. The Labute approximate surface area is 160 Å². The summed E-state index contributed by atoms with van der Waals surface area (Å²) in [6, 6.07) is 0. The van der Waals surface area contributed by atoms with Crippen LogP contribution >= 0.6 is 0 Å². The molecule has 0 saturated carbocycles. The number of carbonyl (C=O) groups excluding carboxylic acids is 1. The van der Waals surface area contributed by atoms with E-state index in [9.17, 15) is 4.79 Å². The molecule has 0 aromatic rings. The van der Waals surface area contributed by atoms with Gasteiger partial charge in [-0.3, -0.25) is 4.79 Å². The first-order valence-corrected chi connectivity index (χ1v) is 10.8. The number of hydrogen-bond acceptors (Lipinski definition) is 4. The van der Waals surface area contributed by atoms with Crippen LogP contribution in [0.15, 0.2) is 12.2 Å². The van der Waals surface area contributed by atoms with Gasteiger partial charge in [-0.2, -0.15) is 0 Å². The van der Waals surface area contributed by atoms with Gasteiger partial charge in [-0.15, -0.1) is 0 Å². The summed E-state index contributed by atoms with van der Waals surface area (Å²) < 4.78 is 16.8. The summed E-state index contributed by atoms with van der Waals surface area (Å²) in [4.78, 5) is 11.2. The van der Waals surface area contributed by atoms with Gasteiger partial charge >= 0.3 is 5.97 Å². The zero-order valence-electron chi connectivity index (χ0n) is 17.1. The molecule has 0 unspecified atom stereocenters. The molecule has 4 nitrogen and oxygen atoms in total. The van der Waals surface area contributed by atoms with Gasteiger partial charge in [0.1, 0.15) is 0 Å². The Hall–Kier alpha value is -0.870. The number of ether oxygens (including phenoxy) is 3. The zero-order chi connectivity index (χ0) is 18.9. The number of hydrogen-bond donors (Lipinski definition) is 0. The highest BCUT2D eigenvalue weighted by molar-refractivity contribution is 5.69. The van der Waals surface area contributed by atoms with Crippen LogP contribution in [0.4, 0.5) is 0 Å². The summed E-state index contributed by atoms with van der Waals surface area (Å²) in [6.07, 6.45) is 18.7. The SMILES string of the molecule is CCCCCCC1(CCCCCC/C=C/CCC(=O)OCC)OCCO1. The molecule has 0 atom stereocenters. The molecular formula is C22H40O4. The maximum atomic E-state index is 11.2. The van der Waals surface area contributed by atoms with Crippen molar-refractivity contribution in [2.45, 2.75) is 103 Å². The van der Waals surface area contributed by atoms with E-state index in [1.165, 1.54) is 51.4 Å². The second kappa shape index (κ2) is 15.2. The van der Waals surface area contributed by atoms with Crippen molar-refractivity contribution in [3.8, 4) is 0 Å². The van der Waals surface area contributed by atoms with E-state index in [0.717, 1.165) is 38.9 Å². The molecule has 0 radical (unpaired) electrons. The van der Waals surface area contributed by atoms with E-state index in [4.69, 9.17) is 14.2 Å². The lowest BCUT2D eigenvalue weighted by atomic mass is 9.99. The quantitative estimate of drug-likeness (QED) is 0.192. The lowest BCUT2D eigenvalue weighted by Gasteiger charge is -2.27. The molecule has 26 heavy (non-hydrogen) atoms. The first kappa shape index (κ1) is 23.2. The van der Waals surface area contributed by atoms with Crippen LogP contribution < -0.4 is 0 Å². The van der Waals surface area contributed by atoms with Crippen LogP contribution in [0.3, 0.4) is 0 Å². The highest BCUT2D eigenvalue weighted by Crippen LogP contribution is 2.31. The maximum Gasteiger partial charge on any atom is 0.306 e. The molecule has 0 bridgehead atoms. The molecule has 1 aliphatic rings. The molecule has 0 spiro atoms. The van der Waals surface area contributed by atoms with Crippen molar-refractivity contribution < 1.29 is 19.0 Å². The third-order valence-corrected chi connectivity index (χ3v) is 4.89. The molecule has 0 aromatic carbocycles. The molecule has 0 amide bonds. The first-order chi connectivity index (χ1) is 12.7. The normalized spacial score (nSPS) is 16.4. The van der Waals surface area contributed by atoms with E-state index >= 15 is 0 Å². The maximum absolute atomic E-state index is 11.2. The Bertz CT molecular complexity index is 372. The van der Waals surface area contributed by atoms with Gasteiger partial charge in [0, 0.05) is 19.3 Å². The molecule has 0 aliphatic carbocycles. The Morgan fingerprint density at radius 2 is 1.50 bits per heavy atom. The van der Waals surface area contributed by atoms with Crippen molar-refractivity contribution in [3.63, 3.8) is 0 Å². The van der Waals surface area contributed by atoms with E-state index in [2.05, 4.69) is 19.1 Å². The number of unbranched alkanes of at least 4 members (excludes halogenated alkanes) is 7. The smallest absolute Gasteiger partial charge is 0.306 e. The van der Waals surface area contributed by atoms with Crippen LogP contribution in [0.5, 0.6) is 0 Å². The fraction of sp³-hybridized carbons (Fsp3) is 0.864. The van der Waals surface area contributed by atoms with Gasteiger partial charge in [0.15, 0.2) is 5.79 Å². The molecule has 1 aliphatic heterocycles. The highest BCUT2D eigenvalue weighted by atomic mass is 16.7. The van der Waals surface area contributed by atoms with Crippen LogP contribution in [-0.4, -0.2) is 31.6 Å². The summed E-state index contributed by atoms with van der Waals surface area (Å²) in [7, 11) is 0. The Balaban J connectivity index is 2.01. The Kier molecular flexibility index (Phi) is 13.6. The Morgan fingerprint density at radius 1 is 0.885 bits per heavy atom. The van der Waals surface area contributed by atoms with Crippen molar-refractivity contribution in [3.05, 3.63) is 12.2 Å². The van der Waals surface area contributed by atoms with Crippen LogP contribution in [0, 0.1) is 0 Å². The lowest BCUT2D eigenvalue weighted by molar-refractivity contribution is -0.168. The fourth-order valence-corrected chi connectivity index (χ4v) is 3.41. The topological polar surface area (TPSA) is 44.8 Å². The van der Waals surface area contributed by atoms with E-state index in [0.29, 0.717) is 13.0 Å². The second-order valence-corrected chi connectivity index (χ2v) is 7.19. The largest absolute Gasteiger partial charge is 0.466 e. The van der Waals surface area contributed by atoms with Crippen molar-refractivity contribution in [1.82, 2.24) is 0 Å². The molecule has 0 aromatic heterocycles. The van der Waals surface area contributed by atoms with Crippen molar-refractivity contribution >= 4 is 5.97 Å². The predicted molar refractivity (Wildman–Crippen MR) is 106 cm³/mol. The molecular weight excluding hydrogens is 328 g/mol. The standard InChI is InChI=1S/C22H40O4/c1-3-5-6-14-17-22(25-19-20-26-22)18-15-12-10-8-7-9-11-13-16-21(23)24-4-2/h9,11H,3-8,10,12-20H2,1-2H3/b11-9+. The van der Waals surface area contributed by atoms with Crippen molar-refractivity contribution in [1.29, 1.82) is 0 Å². The fourth-order valence-electron chi connectivity index (χ4n) is 3.41. The van der Waals surface area contributed by atoms with E-state index < -0.39 is 0 Å². The second-order valence-electron chi connectivity index (χ2n) is 7.19. The lowest BCUT2D eigenvalue weighted by Crippen LogP contribution is -2.30. The number of allylic oxidation sites excluding steroid dienone is 2. The number of carbonyl (C=O) groups is 1.